The third-order valence-corrected chi connectivity index (χ3v) is 3.80. The third kappa shape index (κ3) is 3.19. The van der Waals surface area contributed by atoms with E-state index in [0.29, 0.717) is 18.2 Å². The van der Waals surface area contributed by atoms with E-state index in [0.717, 1.165) is 24.0 Å². The summed E-state index contributed by atoms with van der Waals surface area (Å²) in [4.78, 5) is 23.6. The van der Waals surface area contributed by atoms with Gasteiger partial charge in [-0.2, -0.15) is 0 Å². The number of nitrogens with zero attached hydrogens (tertiary/aromatic N) is 2. The summed E-state index contributed by atoms with van der Waals surface area (Å²) in [5.41, 5.74) is -0.0403. The Morgan fingerprint density at radius 3 is 2.75 bits per heavy atom. The first kappa shape index (κ1) is 15.0. The number of aryl methyl sites for hydroxylation is 1. The maximum absolute atomic E-state index is 12.0. The van der Waals surface area contributed by atoms with Crippen molar-refractivity contribution in [2.75, 3.05) is 6.61 Å². The molecule has 0 aliphatic carbocycles. The van der Waals surface area contributed by atoms with Gasteiger partial charge in [-0.3, -0.25) is 9.36 Å². The molecule has 0 saturated carbocycles. The van der Waals surface area contributed by atoms with Gasteiger partial charge >= 0.3 is 5.69 Å². The van der Waals surface area contributed by atoms with Crippen molar-refractivity contribution in [2.24, 2.45) is 14.1 Å². The fourth-order valence-electron chi connectivity index (χ4n) is 2.66. The molecule has 1 atom stereocenters. The molecule has 6 heteroatoms. The smallest absolute Gasteiger partial charge is 0.330 e. The van der Waals surface area contributed by atoms with Crippen LogP contribution in [-0.4, -0.2) is 27.4 Å². The molecule has 0 spiro atoms. The van der Waals surface area contributed by atoms with E-state index in [2.05, 4.69) is 19.2 Å². The molecule has 1 N–H and O–H groups in total. The SMILES string of the molecule is Cn1cc(CNC2CCOC(C)(C)C2)c(=O)n(C)c1=O. The summed E-state index contributed by atoms with van der Waals surface area (Å²) >= 11 is 0. The lowest BCUT2D eigenvalue weighted by Crippen LogP contribution is -2.45. The van der Waals surface area contributed by atoms with Crippen LogP contribution in [0.2, 0.25) is 0 Å². The Morgan fingerprint density at radius 2 is 2.10 bits per heavy atom. The molecular weight excluding hydrogens is 258 g/mol. The fourth-order valence-corrected chi connectivity index (χ4v) is 2.66. The minimum Gasteiger partial charge on any atom is -0.375 e. The number of hydrogen-bond donors (Lipinski definition) is 1. The van der Waals surface area contributed by atoms with Gasteiger partial charge in [0.25, 0.3) is 5.56 Å². The van der Waals surface area contributed by atoms with Crippen molar-refractivity contribution in [1.29, 1.82) is 0 Å². The van der Waals surface area contributed by atoms with Crippen LogP contribution in [-0.2, 0) is 25.4 Å². The highest BCUT2D eigenvalue weighted by Crippen LogP contribution is 2.23. The van der Waals surface area contributed by atoms with E-state index in [4.69, 9.17) is 4.74 Å². The number of ether oxygens (including phenoxy) is 1. The predicted molar refractivity (Wildman–Crippen MR) is 76.8 cm³/mol. The normalized spacial score (nSPS) is 21.9. The summed E-state index contributed by atoms with van der Waals surface area (Å²) in [6, 6.07) is 0.334. The first-order valence-electron chi connectivity index (χ1n) is 6.93. The quantitative estimate of drug-likeness (QED) is 0.855. The summed E-state index contributed by atoms with van der Waals surface area (Å²) in [5.74, 6) is 0. The molecular formula is C14H23N3O3. The monoisotopic (exact) mass is 281 g/mol. The lowest BCUT2D eigenvalue weighted by Gasteiger charge is -2.36. The minimum atomic E-state index is -0.300. The number of nitrogens with one attached hydrogen (secondary N) is 1. The molecule has 112 valence electrons. The van der Waals surface area contributed by atoms with Crippen LogP contribution in [0.5, 0.6) is 0 Å². The molecule has 1 aliphatic rings. The van der Waals surface area contributed by atoms with Crippen LogP contribution in [0.15, 0.2) is 15.8 Å². The van der Waals surface area contributed by atoms with Gasteiger partial charge in [0.2, 0.25) is 0 Å². The van der Waals surface area contributed by atoms with Crippen molar-refractivity contribution < 1.29 is 4.74 Å². The summed E-state index contributed by atoms with van der Waals surface area (Å²) in [5, 5.41) is 3.40. The predicted octanol–water partition coefficient (Wildman–Crippen LogP) is 0.131. The van der Waals surface area contributed by atoms with Gasteiger partial charge in [-0.25, -0.2) is 4.79 Å². The van der Waals surface area contributed by atoms with Gasteiger partial charge in [0, 0.05) is 45.0 Å². The summed E-state index contributed by atoms with van der Waals surface area (Å²) in [7, 11) is 3.16. The van der Waals surface area contributed by atoms with Crippen molar-refractivity contribution in [3.8, 4) is 0 Å². The first-order valence-corrected chi connectivity index (χ1v) is 6.93. The topological polar surface area (TPSA) is 65.3 Å². The van der Waals surface area contributed by atoms with E-state index in [1.165, 1.54) is 11.6 Å². The minimum absolute atomic E-state index is 0.121. The molecule has 1 unspecified atom stereocenters. The van der Waals surface area contributed by atoms with Gasteiger partial charge < -0.3 is 14.6 Å². The van der Waals surface area contributed by atoms with Gasteiger partial charge in [0.1, 0.15) is 0 Å². The molecule has 2 rings (SSSR count). The maximum atomic E-state index is 12.0. The zero-order valence-electron chi connectivity index (χ0n) is 12.6. The number of rotatable bonds is 3. The molecule has 6 nitrogen and oxygen atoms in total. The number of hydrogen-bond acceptors (Lipinski definition) is 4. The van der Waals surface area contributed by atoms with Gasteiger partial charge in [-0.15, -0.1) is 0 Å². The van der Waals surface area contributed by atoms with Gasteiger partial charge in [-0.05, 0) is 26.7 Å². The Labute approximate surface area is 118 Å². The molecule has 1 saturated heterocycles. The van der Waals surface area contributed by atoms with Crippen LogP contribution in [0.3, 0.4) is 0 Å². The van der Waals surface area contributed by atoms with Crippen molar-refractivity contribution in [3.63, 3.8) is 0 Å². The lowest BCUT2D eigenvalue weighted by molar-refractivity contribution is -0.0630. The average molecular weight is 281 g/mol. The Bertz CT molecular complexity index is 601. The van der Waals surface area contributed by atoms with E-state index in [1.807, 2.05) is 0 Å². The van der Waals surface area contributed by atoms with Gasteiger partial charge in [0.05, 0.1) is 5.60 Å². The summed E-state index contributed by atoms with van der Waals surface area (Å²) < 4.78 is 8.25. The van der Waals surface area contributed by atoms with Gasteiger partial charge in [-0.1, -0.05) is 0 Å². The zero-order valence-corrected chi connectivity index (χ0v) is 12.6. The van der Waals surface area contributed by atoms with Crippen LogP contribution >= 0.6 is 0 Å². The first-order chi connectivity index (χ1) is 9.30. The second-order valence-corrected chi connectivity index (χ2v) is 6.09. The average Bonchev–Trinajstić information content (AvgIpc) is 2.38. The maximum Gasteiger partial charge on any atom is 0.330 e. The Kier molecular flexibility index (Phi) is 4.15. The highest BCUT2D eigenvalue weighted by Gasteiger charge is 2.28. The lowest BCUT2D eigenvalue weighted by atomic mass is 9.94. The van der Waals surface area contributed by atoms with Crippen molar-refractivity contribution in [2.45, 2.75) is 44.9 Å². The molecule has 0 amide bonds. The van der Waals surface area contributed by atoms with Crippen molar-refractivity contribution in [3.05, 3.63) is 32.6 Å². The van der Waals surface area contributed by atoms with E-state index < -0.39 is 0 Å². The molecule has 1 fully saturated rings. The second kappa shape index (κ2) is 5.54. The standard InChI is InChI=1S/C14H23N3O3/c1-14(2)7-11(5-6-20-14)15-8-10-9-16(3)13(19)17(4)12(10)18/h9,11,15H,5-8H2,1-4H3. The number of aromatic nitrogens is 2. The molecule has 1 aromatic heterocycles. The molecule has 1 aromatic rings. The largest absolute Gasteiger partial charge is 0.375 e. The molecule has 0 radical (unpaired) electrons. The summed E-state index contributed by atoms with van der Waals surface area (Å²) in [6.45, 7) is 5.36. The summed E-state index contributed by atoms with van der Waals surface area (Å²) in [6.07, 6.45) is 3.47. The highest BCUT2D eigenvalue weighted by atomic mass is 16.5. The Hall–Kier alpha value is -1.40. The molecule has 2 heterocycles. The van der Waals surface area contributed by atoms with Crippen LogP contribution in [0.25, 0.3) is 0 Å². The Balaban J connectivity index is 2.08. The second-order valence-electron chi connectivity index (χ2n) is 6.09. The molecule has 0 bridgehead atoms. The van der Waals surface area contributed by atoms with Crippen LogP contribution in [0, 0.1) is 0 Å². The fraction of sp³-hybridized carbons (Fsp3) is 0.714. The molecule has 0 aromatic carbocycles. The van der Waals surface area contributed by atoms with Crippen molar-refractivity contribution >= 4 is 0 Å². The highest BCUT2D eigenvalue weighted by molar-refractivity contribution is 5.05. The van der Waals surface area contributed by atoms with E-state index in [-0.39, 0.29) is 16.9 Å². The van der Waals surface area contributed by atoms with E-state index in [1.54, 1.807) is 13.2 Å². The van der Waals surface area contributed by atoms with Gasteiger partial charge in [0.15, 0.2) is 0 Å². The van der Waals surface area contributed by atoms with Crippen LogP contribution in [0.1, 0.15) is 32.3 Å². The van der Waals surface area contributed by atoms with Crippen LogP contribution < -0.4 is 16.6 Å². The van der Waals surface area contributed by atoms with E-state index >= 15 is 0 Å². The zero-order chi connectivity index (χ0) is 14.9. The van der Waals surface area contributed by atoms with Crippen LogP contribution in [0.4, 0.5) is 0 Å². The third-order valence-electron chi connectivity index (χ3n) is 3.80. The Morgan fingerprint density at radius 1 is 1.40 bits per heavy atom. The van der Waals surface area contributed by atoms with Crippen molar-refractivity contribution in [1.82, 2.24) is 14.5 Å². The molecule has 1 aliphatic heterocycles. The van der Waals surface area contributed by atoms with E-state index in [9.17, 15) is 9.59 Å². The molecule has 20 heavy (non-hydrogen) atoms.